The molecule has 3 rings (SSSR count). The maximum atomic E-state index is 13.7. The monoisotopic (exact) mass is 259 g/mol. The van der Waals surface area contributed by atoms with Crippen molar-refractivity contribution in [2.75, 3.05) is 0 Å². The van der Waals surface area contributed by atoms with Crippen molar-refractivity contribution in [2.45, 2.75) is 0 Å². The molecule has 4 nitrogen and oxygen atoms in total. The fourth-order valence-corrected chi connectivity index (χ4v) is 1.86. The zero-order valence-corrected chi connectivity index (χ0v) is 9.55. The molecule has 0 fully saturated rings. The van der Waals surface area contributed by atoms with Crippen LogP contribution in [0.4, 0.5) is 8.78 Å². The molecular weight excluding hydrogens is 252 g/mol. The molecule has 2 heterocycles. The van der Waals surface area contributed by atoms with Crippen LogP contribution in [0, 0.1) is 11.6 Å². The van der Waals surface area contributed by atoms with Crippen molar-refractivity contribution in [2.24, 2.45) is 0 Å². The minimum Gasteiger partial charge on any atom is -0.281 e. The van der Waals surface area contributed by atoms with Crippen molar-refractivity contribution in [1.29, 1.82) is 0 Å². The molecule has 0 saturated heterocycles. The molecule has 19 heavy (non-hydrogen) atoms. The fraction of sp³-hybridized carbons (Fsp3) is 0. The Kier molecular flexibility index (Phi) is 2.56. The molecule has 0 bridgehead atoms. The maximum absolute atomic E-state index is 13.7. The molecular formula is C13H7F2N3O. The summed E-state index contributed by atoms with van der Waals surface area (Å²) in [5.74, 6) is -1.50. The zero-order chi connectivity index (χ0) is 13.4. The van der Waals surface area contributed by atoms with Crippen molar-refractivity contribution < 1.29 is 8.78 Å². The SMILES string of the molecule is O=c1c2ccnnc2ccn1-c1ccc(F)cc1F. The van der Waals surface area contributed by atoms with E-state index in [1.807, 2.05) is 0 Å². The summed E-state index contributed by atoms with van der Waals surface area (Å²) in [6, 6.07) is 6.10. The highest BCUT2D eigenvalue weighted by Crippen LogP contribution is 2.14. The van der Waals surface area contributed by atoms with Gasteiger partial charge in [-0.25, -0.2) is 8.78 Å². The fourth-order valence-electron chi connectivity index (χ4n) is 1.86. The molecule has 2 aromatic heterocycles. The van der Waals surface area contributed by atoms with Crippen LogP contribution in [-0.2, 0) is 0 Å². The quantitative estimate of drug-likeness (QED) is 0.672. The minimum atomic E-state index is -0.802. The third-order valence-corrected chi connectivity index (χ3v) is 2.75. The minimum absolute atomic E-state index is 0.00916. The van der Waals surface area contributed by atoms with Gasteiger partial charge < -0.3 is 0 Å². The number of hydrogen-bond donors (Lipinski definition) is 0. The summed E-state index contributed by atoms with van der Waals surface area (Å²) in [4.78, 5) is 12.2. The second kappa shape index (κ2) is 4.24. The third kappa shape index (κ3) is 1.87. The first-order valence-electron chi connectivity index (χ1n) is 5.45. The van der Waals surface area contributed by atoms with E-state index in [0.29, 0.717) is 10.9 Å². The van der Waals surface area contributed by atoms with Crippen molar-refractivity contribution >= 4 is 10.9 Å². The Morgan fingerprint density at radius 1 is 1.11 bits per heavy atom. The van der Waals surface area contributed by atoms with Gasteiger partial charge in [0.2, 0.25) is 0 Å². The van der Waals surface area contributed by atoms with Gasteiger partial charge in [-0.2, -0.15) is 10.2 Å². The van der Waals surface area contributed by atoms with Crippen LogP contribution in [0.25, 0.3) is 16.6 Å². The lowest BCUT2D eigenvalue weighted by Crippen LogP contribution is -2.19. The Morgan fingerprint density at radius 2 is 1.95 bits per heavy atom. The number of fused-ring (bicyclic) bond motifs is 1. The smallest absolute Gasteiger partial charge is 0.264 e. The molecule has 1 aromatic carbocycles. The Labute approximate surface area is 106 Å². The van der Waals surface area contributed by atoms with Gasteiger partial charge in [-0.05, 0) is 24.3 Å². The van der Waals surface area contributed by atoms with Crippen LogP contribution < -0.4 is 5.56 Å². The number of aromatic nitrogens is 3. The van der Waals surface area contributed by atoms with E-state index in [1.54, 1.807) is 6.07 Å². The van der Waals surface area contributed by atoms with Gasteiger partial charge in [-0.3, -0.25) is 9.36 Å². The highest BCUT2D eigenvalue weighted by Gasteiger charge is 2.10. The lowest BCUT2D eigenvalue weighted by Gasteiger charge is -2.07. The normalized spacial score (nSPS) is 10.8. The largest absolute Gasteiger partial charge is 0.281 e. The van der Waals surface area contributed by atoms with Crippen LogP contribution in [0.5, 0.6) is 0 Å². The maximum Gasteiger partial charge on any atom is 0.264 e. The molecule has 0 atom stereocenters. The molecule has 0 N–H and O–H groups in total. The molecule has 0 aliphatic heterocycles. The summed E-state index contributed by atoms with van der Waals surface area (Å²) in [7, 11) is 0. The Balaban J connectivity index is 2.31. The van der Waals surface area contributed by atoms with Crippen molar-refractivity contribution in [1.82, 2.24) is 14.8 Å². The molecule has 0 amide bonds. The van der Waals surface area contributed by atoms with E-state index in [4.69, 9.17) is 0 Å². The van der Waals surface area contributed by atoms with Gasteiger partial charge >= 0.3 is 0 Å². The van der Waals surface area contributed by atoms with Gasteiger partial charge in [0.1, 0.15) is 11.6 Å². The number of rotatable bonds is 1. The first kappa shape index (κ1) is 11.5. The van der Waals surface area contributed by atoms with Crippen molar-refractivity contribution in [3.8, 4) is 5.69 Å². The number of benzene rings is 1. The van der Waals surface area contributed by atoms with Crippen LogP contribution in [0.2, 0.25) is 0 Å². The second-order valence-corrected chi connectivity index (χ2v) is 3.92. The lowest BCUT2D eigenvalue weighted by molar-refractivity contribution is 0.577. The Bertz CT molecular complexity index is 829. The predicted molar refractivity (Wildman–Crippen MR) is 65.1 cm³/mol. The van der Waals surface area contributed by atoms with E-state index < -0.39 is 17.2 Å². The highest BCUT2D eigenvalue weighted by atomic mass is 19.1. The van der Waals surface area contributed by atoms with Crippen LogP contribution in [0.15, 0.2) is 47.5 Å². The average Bonchev–Trinajstić information content (AvgIpc) is 2.41. The predicted octanol–water partition coefficient (Wildman–Crippen LogP) is 2.06. The van der Waals surface area contributed by atoms with Gasteiger partial charge in [0.15, 0.2) is 0 Å². The van der Waals surface area contributed by atoms with Gasteiger partial charge in [-0.1, -0.05) is 0 Å². The second-order valence-electron chi connectivity index (χ2n) is 3.92. The highest BCUT2D eigenvalue weighted by molar-refractivity contribution is 5.76. The number of halogens is 2. The van der Waals surface area contributed by atoms with Crippen molar-refractivity contribution in [3.05, 3.63) is 64.7 Å². The Hall–Kier alpha value is -2.63. The van der Waals surface area contributed by atoms with Crippen LogP contribution in [0.1, 0.15) is 0 Å². The molecule has 0 aliphatic carbocycles. The summed E-state index contributed by atoms with van der Waals surface area (Å²) >= 11 is 0. The molecule has 6 heteroatoms. The molecule has 0 radical (unpaired) electrons. The molecule has 0 spiro atoms. The summed E-state index contributed by atoms with van der Waals surface area (Å²) in [5.41, 5.74) is -0.0192. The van der Waals surface area contributed by atoms with Crippen LogP contribution in [0.3, 0.4) is 0 Å². The molecule has 0 saturated carbocycles. The molecule has 94 valence electrons. The van der Waals surface area contributed by atoms with E-state index in [2.05, 4.69) is 10.2 Å². The van der Waals surface area contributed by atoms with E-state index in [0.717, 1.165) is 16.7 Å². The molecule has 0 unspecified atom stereocenters. The van der Waals surface area contributed by atoms with Crippen LogP contribution >= 0.6 is 0 Å². The third-order valence-electron chi connectivity index (χ3n) is 2.75. The first-order valence-corrected chi connectivity index (χ1v) is 5.45. The van der Waals surface area contributed by atoms with E-state index in [-0.39, 0.29) is 5.69 Å². The average molecular weight is 259 g/mol. The summed E-state index contributed by atoms with van der Waals surface area (Å²) in [6.45, 7) is 0. The summed E-state index contributed by atoms with van der Waals surface area (Å²) < 4.78 is 27.7. The standard InChI is InChI=1S/C13H7F2N3O/c14-8-1-2-12(10(15)7-8)18-6-4-11-9(13(18)19)3-5-16-17-11/h1-7H. The first-order chi connectivity index (χ1) is 9.16. The van der Waals surface area contributed by atoms with E-state index in [9.17, 15) is 13.6 Å². The molecule has 0 aliphatic rings. The number of nitrogens with zero attached hydrogens (tertiary/aromatic N) is 3. The topological polar surface area (TPSA) is 47.8 Å². The van der Waals surface area contributed by atoms with Gasteiger partial charge in [0.25, 0.3) is 5.56 Å². The zero-order valence-electron chi connectivity index (χ0n) is 9.55. The number of hydrogen-bond acceptors (Lipinski definition) is 3. The van der Waals surface area contributed by atoms with E-state index in [1.165, 1.54) is 24.5 Å². The number of pyridine rings is 1. The van der Waals surface area contributed by atoms with Crippen molar-refractivity contribution in [3.63, 3.8) is 0 Å². The molecule has 3 aromatic rings. The summed E-state index contributed by atoms with van der Waals surface area (Å²) in [6.07, 6.45) is 2.77. The van der Waals surface area contributed by atoms with Gasteiger partial charge in [0, 0.05) is 12.3 Å². The lowest BCUT2D eigenvalue weighted by atomic mass is 10.2. The van der Waals surface area contributed by atoms with Crippen LogP contribution in [-0.4, -0.2) is 14.8 Å². The summed E-state index contributed by atoms with van der Waals surface area (Å²) in [5, 5.41) is 7.78. The van der Waals surface area contributed by atoms with Gasteiger partial charge in [0.05, 0.1) is 22.8 Å². The Morgan fingerprint density at radius 3 is 2.74 bits per heavy atom. The van der Waals surface area contributed by atoms with Gasteiger partial charge in [-0.15, -0.1) is 0 Å². The van der Waals surface area contributed by atoms with E-state index >= 15 is 0 Å².